The highest BCUT2D eigenvalue weighted by Crippen LogP contribution is 2.23. The standard InChI is InChI=1S/C21H26N4O3/c1-15-19(4-3-5-20(15)23-16(2)26)22-14-21(27)24-17-6-8-18(9-7-17)25-10-12-28-13-11-25/h3-9,22H,10-14H2,1-2H3,(H,23,26)(H,24,27). The van der Waals surface area contributed by atoms with Crippen LogP contribution in [0.5, 0.6) is 0 Å². The summed E-state index contributed by atoms with van der Waals surface area (Å²) in [5.74, 6) is -0.262. The highest BCUT2D eigenvalue weighted by molar-refractivity contribution is 5.94. The number of amides is 2. The van der Waals surface area contributed by atoms with Crippen LogP contribution in [0.2, 0.25) is 0 Å². The van der Waals surface area contributed by atoms with Crippen LogP contribution < -0.4 is 20.9 Å². The Morgan fingerprint density at radius 3 is 2.36 bits per heavy atom. The molecule has 0 aliphatic carbocycles. The summed E-state index contributed by atoms with van der Waals surface area (Å²) in [5.41, 5.74) is 4.32. The van der Waals surface area contributed by atoms with Gasteiger partial charge in [0.15, 0.2) is 0 Å². The van der Waals surface area contributed by atoms with Crippen molar-refractivity contribution in [3.05, 3.63) is 48.0 Å². The average molecular weight is 382 g/mol. The first-order valence-corrected chi connectivity index (χ1v) is 9.36. The minimum Gasteiger partial charge on any atom is -0.378 e. The summed E-state index contributed by atoms with van der Waals surface area (Å²) in [7, 11) is 0. The fourth-order valence-electron chi connectivity index (χ4n) is 3.11. The summed E-state index contributed by atoms with van der Waals surface area (Å²) in [6.07, 6.45) is 0. The van der Waals surface area contributed by atoms with E-state index in [-0.39, 0.29) is 18.4 Å². The van der Waals surface area contributed by atoms with Crippen LogP contribution in [-0.2, 0) is 14.3 Å². The average Bonchev–Trinajstić information content (AvgIpc) is 2.69. The molecule has 28 heavy (non-hydrogen) atoms. The molecule has 2 aromatic rings. The van der Waals surface area contributed by atoms with Gasteiger partial charge in [0.1, 0.15) is 0 Å². The Bertz CT molecular complexity index is 830. The van der Waals surface area contributed by atoms with E-state index < -0.39 is 0 Å². The van der Waals surface area contributed by atoms with Crippen LogP contribution in [-0.4, -0.2) is 44.7 Å². The molecule has 0 saturated carbocycles. The molecule has 0 spiro atoms. The summed E-state index contributed by atoms with van der Waals surface area (Å²) in [5, 5.41) is 8.80. The molecular formula is C21H26N4O3. The fourth-order valence-corrected chi connectivity index (χ4v) is 3.11. The lowest BCUT2D eigenvalue weighted by Crippen LogP contribution is -2.36. The fraction of sp³-hybridized carbons (Fsp3) is 0.333. The number of carbonyl (C=O) groups is 2. The van der Waals surface area contributed by atoms with E-state index in [4.69, 9.17) is 4.74 Å². The number of morpholine rings is 1. The van der Waals surface area contributed by atoms with E-state index in [0.29, 0.717) is 0 Å². The molecule has 148 valence electrons. The SMILES string of the molecule is CC(=O)Nc1cccc(NCC(=O)Nc2ccc(N3CCOCC3)cc2)c1C. The Hall–Kier alpha value is -3.06. The molecule has 3 rings (SSSR count). The molecular weight excluding hydrogens is 356 g/mol. The number of carbonyl (C=O) groups excluding carboxylic acids is 2. The van der Waals surface area contributed by atoms with Gasteiger partial charge >= 0.3 is 0 Å². The van der Waals surface area contributed by atoms with Gasteiger partial charge in [0.25, 0.3) is 0 Å². The highest BCUT2D eigenvalue weighted by Gasteiger charge is 2.11. The van der Waals surface area contributed by atoms with Crippen LogP contribution in [0.4, 0.5) is 22.7 Å². The van der Waals surface area contributed by atoms with Crippen molar-refractivity contribution in [2.24, 2.45) is 0 Å². The maximum atomic E-state index is 12.3. The van der Waals surface area contributed by atoms with Crippen LogP contribution in [0, 0.1) is 6.92 Å². The summed E-state index contributed by atoms with van der Waals surface area (Å²) in [6, 6.07) is 13.4. The van der Waals surface area contributed by atoms with E-state index in [1.165, 1.54) is 6.92 Å². The molecule has 1 fully saturated rings. The first-order chi connectivity index (χ1) is 13.5. The Balaban J connectivity index is 1.54. The largest absolute Gasteiger partial charge is 0.378 e. The van der Waals surface area contributed by atoms with E-state index in [9.17, 15) is 9.59 Å². The molecule has 1 saturated heterocycles. The summed E-state index contributed by atoms with van der Waals surface area (Å²) in [4.78, 5) is 25.8. The lowest BCUT2D eigenvalue weighted by atomic mass is 10.1. The maximum Gasteiger partial charge on any atom is 0.243 e. The van der Waals surface area contributed by atoms with Crippen LogP contribution in [0.25, 0.3) is 0 Å². The van der Waals surface area contributed by atoms with Crippen molar-refractivity contribution >= 4 is 34.6 Å². The van der Waals surface area contributed by atoms with Gasteiger partial charge in [-0.1, -0.05) is 6.07 Å². The van der Waals surface area contributed by atoms with Crippen molar-refractivity contribution in [2.45, 2.75) is 13.8 Å². The summed E-state index contributed by atoms with van der Waals surface area (Å²) in [6.45, 7) is 6.75. The molecule has 1 heterocycles. The first kappa shape index (κ1) is 19.7. The molecule has 7 heteroatoms. The van der Waals surface area contributed by atoms with Gasteiger partial charge in [0, 0.05) is 42.8 Å². The molecule has 0 unspecified atom stereocenters. The predicted octanol–water partition coefficient (Wildman–Crippen LogP) is 2.84. The second kappa shape index (κ2) is 9.23. The number of rotatable bonds is 6. The number of benzene rings is 2. The zero-order valence-electron chi connectivity index (χ0n) is 16.2. The van der Waals surface area contributed by atoms with Gasteiger partial charge in [0.2, 0.25) is 11.8 Å². The molecule has 0 aromatic heterocycles. The molecule has 0 atom stereocenters. The van der Waals surface area contributed by atoms with Crippen molar-refractivity contribution in [2.75, 3.05) is 53.7 Å². The smallest absolute Gasteiger partial charge is 0.243 e. The van der Waals surface area contributed by atoms with Crippen molar-refractivity contribution in [3.8, 4) is 0 Å². The Morgan fingerprint density at radius 2 is 1.68 bits per heavy atom. The number of nitrogens with zero attached hydrogens (tertiary/aromatic N) is 1. The predicted molar refractivity (Wildman–Crippen MR) is 112 cm³/mol. The van der Waals surface area contributed by atoms with Gasteiger partial charge in [-0.25, -0.2) is 0 Å². The molecule has 7 nitrogen and oxygen atoms in total. The monoisotopic (exact) mass is 382 g/mol. The van der Waals surface area contributed by atoms with Crippen LogP contribution in [0.1, 0.15) is 12.5 Å². The minimum absolute atomic E-state index is 0.126. The Labute approximate surface area is 165 Å². The number of hydrogen-bond donors (Lipinski definition) is 3. The number of nitrogens with one attached hydrogen (secondary N) is 3. The van der Waals surface area contributed by atoms with Crippen LogP contribution >= 0.6 is 0 Å². The Morgan fingerprint density at radius 1 is 1.00 bits per heavy atom. The van der Waals surface area contributed by atoms with Gasteiger partial charge in [-0.15, -0.1) is 0 Å². The minimum atomic E-state index is -0.136. The van der Waals surface area contributed by atoms with Crippen molar-refractivity contribution < 1.29 is 14.3 Å². The Kier molecular flexibility index (Phi) is 6.49. The topological polar surface area (TPSA) is 82.7 Å². The third kappa shape index (κ3) is 5.23. The zero-order valence-corrected chi connectivity index (χ0v) is 16.2. The van der Waals surface area contributed by atoms with E-state index in [1.807, 2.05) is 49.4 Å². The second-order valence-electron chi connectivity index (χ2n) is 6.71. The molecule has 2 amide bonds. The summed E-state index contributed by atoms with van der Waals surface area (Å²) < 4.78 is 5.37. The molecule has 2 aromatic carbocycles. The van der Waals surface area contributed by atoms with Crippen LogP contribution in [0.15, 0.2) is 42.5 Å². The van der Waals surface area contributed by atoms with E-state index in [0.717, 1.165) is 54.6 Å². The third-order valence-corrected chi connectivity index (χ3v) is 4.61. The molecule has 3 N–H and O–H groups in total. The number of anilines is 4. The van der Waals surface area contributed by atoms with E-state index in [1.54, 1.807) is 0 Å². The number of hydrogen-bond acceptors (Lipinski definition) is 5. The van der Waals surface area contributed by atoms with E-state index >= 15 is 0 Å². The van der Waals surface area contributed by atoms with Crippen LogP contribution in [0.3, 0.4) is 0 Å². The molecule has 1 aliphatic heterocycles. The second-order valence-corrected chi connectivity index (χ2v) is 6.71. The normalized spacial score (nSPS) is 13.7. The quantitative estimate of drug-likeness (QED) is 0.716. The zero-order chi connectivity index (χ0) is 19.9. The summed E-state index contributed by atoms with van der Waals surface area (Å²) >= 11 is 0. The third-order valence-electron chi connectivity index (χ3n) is 4.61. The van der Waals surface area contributed by atoms with Gasteiger partial charge in [-0.05, 0) is 48.9 Å². The maximum absolute atomic E-state index is 12.3. The van der Waals surface area contributed by atoms with Gasteiger partial charge in [-0.2, -0.15) is 0 Å². The van der Waals surface area contributed by atoms with Crippen molar-refractivity contribution in [3.63, 3.8) is 0 Å². The lowest BCUT2D eigenvalue weighted by Gasteiger charge is -2.28. The van der Waals surface area contributed by atoms with Gasteiger partial charge in [-0.3, -0.25) is 9.59 Å². The highest BCUT2D eigenvalue weighted by atomic mass is 16.5. The first-order valence-electron chi connectivity index (χ1n) is 9.36. The molecule has 0 bridgehead atoms. The molecule has 1 aliphatic rings. The number of ether oxygens (including phenoxy) is 1. The van der Waals surface area contributed by atoms with Crippen molar-refractivity contribution in [1.29, 1.82) is 0 Å². The lowest BCUT2D eigenvalue weighted by molar-refractivity contribution is -0.115. The van der Waals surface area contributed by atoms with Crippen molar-refractivity contribution in [1.82, 2.24) is 0 Å². The van der Waals surface area contributed by atoms with Gasteiger partial charge < -0.3 is 25.6 Å². The molecule has 0 radical (unpaired) electrons. The van der Waals surface area contributed by atoms with Gasteiger partial charge in [0.05, 0.1) is 19.8 Å². The van der Waals surface area contributed by atoms with E-state index in [2.05, 4.69) is 20.9 Å².